The van der Waals surface area contributed by atoms with Gasteiger partial charge in [0.25, 0.3) is 0 Å². The Bertz CT molecular complexity index is 1060. The third-order valence-electron chi connectivity index (χ3n) is 9.44. The highest BCUT2D eigenvalue weighted by Gasteiger charge is 2.53. The summed E-state index contributed by atoms with van der Waals surface area (Å²) in [6.45, 7) is 3.17. The Morgan fingerprint density at radius 2 is 1.83 bits per heavy atom. The highest BCUT2D eigenvalue weighted by Crippen LogP contribution is 2.50. The molecule has 0 bridgehead atoms. The predicted octanol–water partition coefficient (Wildman–Crippen LogP) is 3.05. The molecule has 1 amide bonds. The van der Waals surface area contributed by atoms with E-state index in [0.717, 1.165) is 49.1 Å². The summed E-state index contributed by atoms with van der Waals surface area (Å²) in [5.74, 6) is 2.49. The van der Waals surface area contributed by atoms with Crippen molar-refractivity contribution in [3.05, 3.63) is 64.1 Å². The van der Waals surface area contributed by atoms with Crippen LogP contribution >= 0.6 is 15.9 Å². The van der Waals surface area contributed by atoms with Crippen LogP contribution in [0.1, 0.15) is 68.4 Å². The van der Waals surface area contributed by atoms with E-state index in [4.69, 9.17) is 4.74 Å². The van der Waals surface area contributed by atoms with Crippen LogP contribution in [0.4, 0.5) is 0 Å². The Kier molecular flexibility index (Phi) is 8.00. The number of amides is 1. The van der Waals surface area contributed by atoms with E-state index in [1.54, 1.807) is 0 Å². The fourth-order valence-corrected chi connectivity index (χ4v) is 8.09. The topological polar surface area (TPSA) is 41.6 Å². The highest BCUT2D eigenvalue weighted by atomic mass is 79.9. The van der Waals surface area contributed by atoms with Crippen LogP contribution in [0.2, 0.25) is 0 Å². The van der Waals surface area contributed by atoms with Crippen LogP contribution < -0.4 is 22.5 Å². The summed E-state index contributed by atoms with van der Waals surface area (Å²) in [5, 5.41) is 3.62. The van der Waals surface area contributed by atoms with Gasteiger partial charge in [-0.15, -0.1) is 0 Å². The maximum atomic E-state index is 14.5. The number of nitrogens with zero attached hydrogens (tertiary/aromatic N) is 1. The van der Waals surface area contributed by atoms with E-state index in [9.17, 15) is 4.79 Å². The van der Waals surface area contributed by atoms with Crippen molar-refractivity contribution in [1.29, 1.82) is 0 Å². The molecule has 3 fully saturated rings. The first-order valence-corrected chi connectivity index (χ1v) is 14.4. The molecule has 1 N–H and O–H groups in total. The zero-order valence-electron chi connectivity index (χ0n) is 20.9. The normalized spacial score (nSPS) is 30.4. The lowest BCUT2D eigenvalue weighted by molar-refractivity contribution is -0.143. The predicted molar refractivity (Wildman–Crippen MR) is 143 cm³/mol. The molecule has 4 nitrogen and oxygen atoms in total. The minimum atomic E-state index is -0.179. The van der Waals surface area contributed by atoms with Crippen molar-refractivity contribution in [1.82, 2.24) is 10.2 Å². The first kappa shape index (κ1) is 26.1. The molecule has 1 spiro atoms. The van der Waals surface area contributed by atoms with Crippen molar-refractivity contribution in [2.75, 3.05) is 26.2 Å². The Balaban J connectivity index is 0.00000267. The minimum Gasteiger partial charge on any atom is -1.00 e. The fraction of sp³-hybridized carbons (Fsp3) is 0.567. The zero-order valence-corrected chi connectivity index (χ0v) is 23.3. The molecule has 2 aromatic rings. The van der Waals surface area contributed by atoms with Gasteiger partial charge in [-0.25, -0.2) is 0 Å². The molecule has 0 unspecified atom stereocenters. The number of hydrogen-bond donors (Lipinski definition) is 1. The zero-order chi connectivity index (χ0) is 23.8. The van der Waals surface area contributed by atoms with Gasteiger partial charge in [-0.2, -0.15) is 0 Å². The van der Waals surface area contributed by atoms with Crippen LogP contribution in [0.5, 0.6) is 5.75 Å². The number of likely N-dealkylation sites (tertiary alicyclic amines) is 1. The second kappa shape index (κ2) is 11.0. The van der Waals surface area contributed by atoms with Gasteiger partial charge >= 0.3 is 0 Å². The summed E-state index contributed by atoms with van der Waals surface area (Å²) in [4.78, 5) is 16.8. The molecular formula is C30H37BrClN2O2-. The summed E-state index contributed by atoms with van der Waals surface area (Å²) in [6.07, 6.45) is 9.59. The van der Waals surface area contributed by atoms with E-state index in [0.29, 0.717) is 30.4 Å². The number of para-hydroxylation sites is 1. The molecule has 2 aromatic carbocycles. The number of fused-ring (bicyclic) bond motifs is 2. The van der Waals surface area contributed by atoms with Crippen LogP contribution in [0.15, 0.2) is 53.0 Å². The number of rotatable bonds is 3. The van der Waals surface area contributed by atoms with E-state index in [-0.39, 0.29) is 23.7 Å². The Morgan fingerprint density at radius 1 is 1.03 bits per heavy atom. The standard InChI is InChI=1S/C30H37BrN2O2.ClH/c31-26-13-7-12-24-28(26)35-17-15-30(24)20-32-19-25(30)29(34)33-16-14-23(21-8-3-1-4-9-21)18-27(33)22-10-5-2-6-11-22;/h1,3-4,7-9,12-13,22-23,25,27,32H,2,5-6,10-11,14-20H2;1H/p-1/t23-,25+,27+,30+;/m1./s1. The molecule has 6 heteroatoms. The lowest BCUT2D eigenvalue weighted by atomic mass is 9.67. The Morgan fingerprint density at radius 3 is 2.64 bits per heavy atom. The summed E-state index contributed by atoms with van der Waals surface area (Å²) < 4.78 is 7.09. The molecule has 1 aliphatic carbocycles. The van der Waals surface area contributed by atoms with Gasteiger partial charge in [-0.1, -0.05) is 61.7 Å². The van der Waals surface area contributed by atoms with Crippen molar-refractivity contribution in [3.8, 4) is 5.75 Å². The SMILES string of the molecule is O=C([C@@H]1CNC[C@]12CCOc1c(Br)cccc12)N1CC[C@@H](c2ccccc2)C[C@H]1C1CCCCC1.[Cl-]. The molecule has 2 saturated heterocycles. The second-order valence-corrected chi connectivity index (χ2v) is 12.0. The van der Waals surface area contributed by atoms with Crippen molar-refractivity contribution in [3.63, 3.8) is 0 Å². The van der Waals surface area contributed by atoms with Gasteiger partial charge in [0.15, 0.2) is 0 Å². The van der Waals surface area contributed by atoms with Crippen molar-refractivity contribution >= 4 is 21.8 Å². The third kappa shape index (κ3) is 4.61. The number of carbonyl (C=O) groups excluding carboxylic acids is 1. The third-order valence-corrected chi connectivity index (χ3v) is 10.1. The number of halogens is 2. The van der Waals surface area contributed by atoms with Crippen LogP contribution in [-0.4, -0.2) is 43.1 Å². The minimum absolute atomic E-state index is 0. The van der Waals surface area contributed by atoms with Gasteiger partial charge < -0.3 is 27.4 Å². The first-order chi connectivity index (χ1) is 17.2. The number of piperidine rings is 1. The molecule has 4 atom stereocenters. The monoisotopic (exact) mass is 571 g/mol. The molecule has 36 heavy (non-hydrogen) atoms. The van der Waals surface area contributed by atoms with Crippen molar-refractivity contribution < 1.29 is 21.9 Å². The van der Waals surface area contributed by atoms with Gasteiger partial charge in [0, 0.05) is 36.7 Å². The molecule has 0 aromatic heterocycles. The number of hydrogen-bond acceptors (Lipinski definition) is 3. The summed E-state index contributed by atoms with van der Waals surface area (Å²) in [5.41, 5.74) is 2.47. The van der Waals surface area contributed by atoms with Crippen LogP contribution in [0.3, 0.4) is 0 Å². The molecule has 0 radical (unpaired) electrons. The average molecular weight is 573 g/mol. The quantitative estimate of drug-likeness (QED) is 0.615. The highest BCUT2D eigenvalue weighted by molar-refractivity contribution is 9.10. The molecule has 3 aliphatic heterocycles. The molecular weight excluding hydrogens is 536 g/mol. The summed E-state index contributed by atoms with van der Waals surface area (Å²) in [7, 11) is 0. The molecule has 6 rings (SSSR count). The van der Waals surface area contributed by atoms with Gasteiger partial charge in [-0.3, -0.25) is 4.79 Å². The van der Waals surface area contributed by atoms with Crippen molar-refractivity contribution in [2.45, 2.75) is 68.7 Å². The molecule has 1 saturated carbocycles. The molecule has 4 aliphatic rings. The molecule has 194 valence electrons. The number of benzene rings is 2. The smallest absolute Gasteiger partial charge is 0.228 e. The average Bonchev–Trinajstić information content (AvgIpc) is 3.33. The van der Waals surface area contributed by atoms with Crippen LogP contribution in [0.25, 0.3) is 0 Å². The Labute approximate surface area is 230 Å². The largest absolute Gasteiger partial charge is 1.00 e. The maximum absolute atomic E-state index is 14.5. The first-order valence-electron chi connectivity index (χ1n) is 13.7. The lowest BCUT2D eigenvalue weighted by Gasteiger charge is -2.48. The second-order valence-electron chi connectivity index (χ2n) is 11.2. The van der Waals surface area contributed by atoms with E-state index in [2.05, 4.69) is 68.6 Å². The van der Waals surface area contributed by atoms with Gasteiger partial charge in [-0.05, 0) is 71.5 Å². The van der Waals surface area contributed by atoms with Crippen LogP contribution in [0, 0.1) is 11.8 Å². The fourth-order valence-electron chi connectivity index (χ4n) is 7.61. The maximum Gasteiger partial charge on any atom is 0.228 e. The Hall–Kier alpha value is -1.56. The van der Waals surface area contributed by atoms with Gasteiger partial charge in [0.1, 0.15) is 5.75 Å². The van der Waals surface area contributed by atoms with Gasteiger partial charge in [0.2, 0.25) is 5.91 Å². The van der Waals surface area contributed by atoms with E-state index >= 15 is 0 Å². The lowest BCUT2D eigenvalue weighted by Crippen LogP contribution is -3.00. The summed E-state index contributed by atoms with van der Waals surface area (Å²) >= 11 is 3.70. The van der Waals surface area contributed by atoms with E-state index < -0.39 is 0 Å². The molecule has 3 heterocycles. The number of nitrogens with one attached hydrogen (secondary N) is 1. The van der Waals surface area contributed by atoms with Crippen molar-refractivity contribution in [2.24, 2.45) is 11.8 Å². The summed E-state index contributed by atoms with van der Waals surface area (Å²) in [6, 6.07) is 17.7. The van der Waals surface area contributed by atoms with E-state index in [1.165, 1.54) is 43.2 Å². The number of ether oxygens (including phenoxy) is 1. The van der Waals surface area contributed by atoms with Crippen LogP contribution in [-0.2, 0) is 10.2 Å². The van der Waals surface area contributed by atoms with Gasteiger partial charge in [0.05, 0.1) is 17.0 Å². The number of carbonyl (C=O) groups is 1. The van der Waals surface area contributed by atoms with E-state index in [1.807, 2.05) is 6.07 Å².